The van der Waals surface area contributed by atoms with Crippen LogP contribution in [0.2, 0.25) is 0 Å². The summed E-state index contributed by atoms with van der Waals surface area (Å²) >= 11 is 0. The van der Waals surface area contributed by atoms with Gasteiger partial charge in [0.25, 0.3) is 0 Å². The molecule has 2 heteroatoms. The molecule has 0 spiro atoms. The van der Waals surface area contributed by atoms with Crippen LogP contribution in [0.4, 0.5) is 0 Å². The molecule has 1 rings (SSSR count). The van der Waals surface area contributed by atoms with Gasteiger partial charge in [0.1, 0.15) is 0 Å². The zero-order chi connectivity index (χ0) is 8.48. The van der Waals surface area contributed by atoms with E-state index in [0.29, 0.717) is 5.78 Å². The molecule has 0 bridgehead atoms. The molecule has 64 valence electrons. The first-order valence-corrected chi connectivity index (χ1v) is 4.35. The van der Waals surface area contributed by atoms with Gasteiger partial charge in [-0.05, 0) is 26.3 Å². The van der Waals surface area contributed by atoms with E-state index >= 15 is 0 Å². The van der Waals surface area contributed by atoms with E-state index < -0.39 is 0 Å². The minimum atomic E-state index is -0.145. The number of hydrogen-bond donors (Lipinski definition) is 1. The number of ketones is 1. The lowest BCUT2D eigenvalue weighted by atomic mass is 9.71. The summed E-state index contributed by atoms with van der Waals surface area (Å²) in [7, 11) is 1.89. The number of nitrogens with one attached hydrogen (secondary N) is 1. The summed E-state index contributed by atoms with van der Waals surface area (Å²) in [5, 5.41) is 3.15. The first-order valence-electron chi connectivity index (χ1n) is 4.35. The minimum absolute atomic E-state index is 0.145. The smallest absolute Gasteiger partial charge is 0.155 e. The molecule has 0 radical (unpaired) electrons. The topological polar surface area (TPSA) is 29.1 Å². The molecule has 11 heavy (non-hydrogen) atoms. The van der Waals surface area contributed by atoms with Crippen molar-refractivity contribution in [2.45, 2.75) is 38.6 Å². The maximum atomic E-state index is 11.6. The Hall–Kier alpha value is -0.370. The average Bonchev–Trinajstić information content (AvgIpc) is 1.86. The van der Waals surface area contributed by atoms with Gasteiger partial charge in [-0.1, -0.05) is 13.8 Å². The number of carbonyl (C=O) groups excluding carboxylic acids is 1. The SMILES string of the molecule is CNC1(C(=O)C(C)C)CCC1. The summed E-state index contributed by atoms with van der Waals surface area (Å²) in [5.74, 6) is 0.550. The molecule has 0 atom stereocenters. The van der Waals surface area contributed by atoms with Gasteiger partial charge in [0.15, 0.2) is 5.78 Å². The highest BCUT2D eigenvalue weighted by Crippen LogP contribution is 2.34. The number of rotatable bonds is 3. The molecule has 0 unspecified atom stereocenters. The van der Waals surface area contributed by atoms with E-state index in [4.69, 9.17) is 0 Å². The summed E-state index contributed by atoms with van der Waals surface area (Å²) in [4.78, 5) is 11.6. The van der Waals surface area contributed by atoms with E-state index in [1.54, 1.807) is 0 Å². The first kappa shape index (κ1) is 8.72. The van der Waals surface area contributed by atoms with Crippen LogP contribution < -0.4 is 5.32 Å². The van der Waals surface area contributed by atoms with Crippen LogP contribution in [0, 0.1) is 5.92 Å². The molecule has 1 fully saturated rings. The molecule has 0 amide bonds. The summed E-state index contributed by atoms with van der Waals surface area (Å²) < 4.78 is 0. The van der Waals surface area contributed by atoms with Crippen LogP contribution in [0.25, 0.3) is 0 Å². The largest absolute Gasteiger partial charge is 0.308 e. The highest BCUT2D eigenvalue weighted by molar-refractivity contribution is 5.90. The standard InChI is InChI=1S/C9H17NO/c1-7(2)8(11)9(10-3)5-4-6-9/h7,10H,4-6H2,1-3H3. The van der Waals surface area contributed by atoms with Crippen molar-refractivity contribution in [1.29, 1.82) is 0 Å². The lowest BCUT2D eigenvalue weighted by Gasteiger charge is -2.41. The second-order valence-corrected chi connectivity index (χ2v) is 3.70. The number of likely N-dealkylation sites (N-methyl/N-ethyl adjacent to an activating group) is 1. The number of hydrogen-bond acceptors (Lipinski definition) is 2. The quantitative estimate of drug-likeness (QED) is 0.666. The van der Waals surface area contributed by atoms with Crippen molar-refractivity contribution in [1.82, 2.24) is 5.32 Å². The van der Waals surface area contributed by atoms with E-state index in [1.807, 2.05) is 20.9 Å². The predicted molar refractivity (Wildman–Crippen MR) is 45.5 cm³/mol. The molecule has 1 aliphatic carbocycles. The van der Waals surface area contributed by atoms with E-state index in [0.717, 1.165) is 12.8 Å². The van der Waals surface area contributed by atoms with Gasteiger partial charge in [-0.2, -0.15) is 0 Å². The molecule has 0 aromatic rings. The fraction of sp³-hybridized carbons (Fsp3) is 0.889. The molecule has 0 saturated heterocycles. The van der Waals surface area contributed by atoms with Crippen LogP contribution in [0.5, 0.6) is 0 Å². The van der Waals surface area contributed by atoms with Crippen LogP contribution >= 0.6 is 0 Å². The third kappa shape index (κ3) is 1.32. The van der Waals surface area contributed by atoms with Gasteiger partial charge in [0.05, 0.1) is 5.54 Å². The summed E-state index contributed by atoms with van der Waals surface area (Å²) in [6.07, 6.45) is 3.25. The molecule has 0 aliphatic heterocycles. The van der Waals surface area contributed by atoms with Crippen molar-refractivity contribution < 1.29 is 4.79 Å². The van der Waals surface area contributed by atoms with Gasteiger partial charge in [0, 0.05) is 5.92 Å². The Morgan fingerprint density at radius 2 is 2.00 bits per heavy atom. The van der Waals surface area contributed by atoms with Crippen molar-refractivity contribution in [3.05, 3.63) is 0 Å². The Morgan fingerprint density at radius 1 is 1.45 bits per heavy atom. The van der Waals surface area contributed by atoms with Crippen LogP contribution in [-0.4, -0.2) is 18.4 Å². The van der Waals surface area contributed by atoms with Crippen LogP contribution in [0.15, 0.2) is 0 Å². The molecule has 0 aromatic heterocycles. The van der Waals surface area contributed by atoms with Gasteiger partial charge >= 0.3 is 0 Å². The second kappa shape index (κ2) is 2.94. The van der Waals surface area contributed by atoms with Crippen LogP contribution in [0.1, 0.15) is 33.1 Å². The molecule has 0 heterocycles. The van der Waals surface area contributed by atoms with Gasteiger partial charge in [0.2, 0.25) is 0 Å². The van der Waals surface area contributed by atoms with Crippen LogP contribution in [0.3, 0.4) is 0 Å². The lowest BCUT2D eigenvalue weighted by Crippen LogP contribution is -2.57. The maximum Gasteiger partial charge on any atom is 0.155 e. The lowest BCUT2D eigenvalue weighted by molar-refractivity contribution is -0.131. The molecule has 1 aliphatic rings. The predicted octanol–water partition coefficient (Wildman–Crippen LogP) is 1.35. The Morgan fingerprint density at radius 3 is 2.09 bits per heavy atom. The van der Waals surface area contributed by atoms with E-state index in [1.165, 1.54) is 6.42 Å². The van der Waals surface area contributed by atoms with Crippen molar-refractivity contribution in [3.8, 4) is 0 Å². The molecule has 1 N–H and O–H groups in total. The third-order valence-electron chi connectivity index (χ3n) is 2.68. The summed E-state index contributed by atoms with van der Waals surface area (Å²) in [6.45, 7) is 3.94. The minimum Gasteiger partial charge on any atom is -0.308 e. The molecular weight excluding hydrogens is 138 g/mol. The van der Waals surface area contributed by atoms with Crippen molar-refractivity contribution in [2.75, 3.05) is 7.05 Å². The Labute approximate surface area is 68.4 Å². The summed E-state index contributed by atoms with van der Waals surface area (Å²) in [6, 6.07) is 0. The Balaban J connectivity index is 2.62. The molecule has 2 nitrogen and oxygen atoms in total. The normalized spacial score (nSPS) is 21.5. The Bertz CT molecular complexity index is 153. The van der Waals surface area contributed by atoms with E-state index in [9.17, 15) is 4.79 Å². The second-order valence-electron chi connectivity index (χ2n) is 3.70. The molecule has 0 aromatic carbocycles. The number of Topliss-reactive ketones (excluding diaryl/α,β-unsaturated/α-hetero) is 1. The van der Waals surface area contributed by atoms with Crippen molar-refractivity contribution >= 4 is 5.78 Å². The molecular formula is C9H17NO. The van der Waals surface area contributed by atoms with E-state index in [-0.39, 0.29) is 11.5 Å². The van der Waals surface area contributed by atoms with Gasteiger partial charge in [-0.25, -0.2) is 0 Å². The average molecular weight is 155 g/mol. The zero-order valence-corrected chi connectivity index (χ0v) is 7.61. The van der Waals surface area contributed by atoms with Crippen LogP contribution in [-0.2, 0) is 4.79 Å². The Kier molecular flexibility index (Phi) is 2.33. The summed E-state index contributed by atoms with van der Waals surface area (Å²) in [5.41, 5.74) is -0.145. The van der Waals surface area contributed by atoms with Crippen molar-refractivity contribution in [2.24, 2.45) is 5.92 Å². The highest BCUT2D eigenvalue weighted by atomic mass is 16.1. The first-order chi connectivity index (χ1) is 5.12. The fourth-order valence-corrected chi connectivity index (χ4v) is 1.70. The zero-order valence-electron chi connectivity index (χ0n) is 7.61. The fourth-order valence-electron chi connectivity index (χ4n) is 1.70. The van der Waals surface area contributed by atoms with E-state index in [2.05, 4.69) is 5.32 Å². The maximum absolute atomic E-state index is 11.6. The van der Waals surface area contributed by atoms with Crippen molar-refractivity contribution in [3.63, 3.8) is 0 Å². The van der Waals surface area contributed by atoms with Gasteiger partial charge in [-0.3, -0.25) is 4.79 Å². The number of carbonyl (C=O) groups is 1. The third-order valence-corrected chi connectivity index (χ3v) is 2.68. The highest BCUT2D eigenvalue weighted by Gasteiger charge is 2.42. The van der Waals surface area contributed by atoms with Gasteiger partial charge in [-0.15, -0.1) is 0 Å². The molecule has 1 saturated carbocycles. The van der Waals surface area contributed by atoms with Gasteiger partial charge < -0.3 is 5.32 Å². The monoisotopic (exact) mass is 155 g/mol.